The third-order valence-corrected chi connectivity index (χ3v) is 5.39. The number of pyridine rings is 2. The quantitative estimate of drug-likeness (QED) is 0.352. The molecule has 2 aromatic carbocycles. The van der Waals surface area contributed by atoms with E-state index in [9.17, 15) is 0 Å². The molecule has 0 unspecified atom stereocenters. The lowest BCUT2D eigenvalue weighted by molar-refractivity contribution is 0.308. The largest absolute Gasteiger partial charge is 0.486 e. The molecule has 0 saturated carbocycles. The van der Waals surface area contributed by atoms with Gasteiger partial charge < -0.3 is 9.47 Å². The molecule has 0 radical (unpaired) electrons. The van der Waals surface area contributed by atoms with Crippen LogP contribution in [0.3, 0.4) is 0 Å². The fraction of sp³-hybridized carbons (Fsp3) is 0.160. The number of H-pyrrole nitrogens is 1. The number of aryl methyl sites for hydroxylation is 1. The minimum Gasteiger partial charge on any atom is -0.486 e. The Morgan fingerprint density at radius 2 is 1.71 bits per heavy atom. The second-order valence-electron chi connectivity index (χ2n) is 7.45. The number of hydrogen-bond donors (Lipinski definition) is 1. The zero-order chi connectivity index (χ0) is 22.6. The molecule has 0 aliphatic rings. The van der Waals surface area contributed by atoms with E-state index < -0.39 is 0 Å². The molecule has 5 aromatic rings. The minimum atomic E-state index is 0. The number of nitrogens with one attached hydrogen (secondary N) is 1. The van der Waals surface area contributed by atoms with Gasteiger partial charge in [-0.25, -0.2) is 4.98 Å². The lowest BCUT2D eigenvalue weighted by atomic mass is 9.98. The monoisotopic (exact) mass is 474 g/mol. The molecule has 0 atom stereocenters. The maximum Gasteiger partial charge on any atom is 0.213 e. The van der Waals surface area contributed by atoms with Gasteiger partial charge in [-0.3, -0.25) is 4.98 Å². The van der Waals surface area contributed by atoms with E-state index in [0.29, 0.717) is 29.6 Å². The van der Waals surface area contributed by atoms with Gasteiger partial charge in [0.2, 0.25) is 11.7 Å². The first-order valence-electron chi connectivity index (χ1n) is 10.6. The maximum atomic E-state index is 6.19. The summed E-state index contributed by atoms with van der Waals surface area (Å²) < 4.78 is 11.5. The van der Waals surface area contributed by atoms with Crippen LogP contribution in [0.15, 0.2) is 66.7 Å². The number of tetrazole rings is 1. The molecular weight excluding hydrogens is 452 g/mol. The molecule has 1 N–H and O–H groups in total. The van der Waals surface area contributed by atoms with Gasteiger partial charge in [0.25, 0.3) is 0 Å². The van der Waals surface area contributed by atoms with Crippen molar-refractivity contribution in [1.29, 1.82) is 0 Å². The smallest absolute Gasteiger partial charge is 0.213 e. The number of ether oxygens (including phenoxy) is 2. The van der Waals surface area contributed by atoms with Crippen LogP contribution in [0.2, 0.25) is 0 Å². The summed E-state index contributed by atoms with van der Waals surface area (Å²) >= 11 is 0. The van der Waals surface area contributed by atoms with E-state index in [0.717, 1.165) is 39.9 Å². The predicted octanol–water partition coefficient (Wildman–Crippen LogP) is 5.05. The minimum absolute atomic E-state index is 0. The molecule has 0 aliphatic heterocycles. The SMILES string of the molecule is CCc1cc(OCc2ccc(-c3ccccc3-c3nn[nH]n3)cc2)c2nc(OC)ccc2n1.Cl. The van der Waals surface area contributed by atoms with Crippen LogP contribution in [0.4, 0.5) is 0 Å². The van der Waals surface area contributed by atoms with Crippen molar-refractivity contribution < 1.29 is 9.47 Å². The van der Waals surface area contributed by atoms with Crippen LogP contribution in [0.5, 0.6) is 11.6 Å². The highest BCUT2D eigenvalue weighted by molar-refractivity contribution is 5.85. The Labute approximate surface area is 202 Å². The summed E-state index contributed by atoms with van der Waals surface area (Å²) in [6.45, 7) is 2.48. The summed E-state index contributed by atoms with van der Waals surface area (Å²) in [5.74, 6) is 1.79. The highest BCUT2D eigenvalue weighted by Crippen LogP contribution is 2.30. The van der Waals surface area contributed by atoms with Gasteiger partial charge in [0.1, 0.15) is 17.9 Å². The van der Waals surface area contributed by atoms with Crippen molar-refractivity contribution in [3.8, 4) is 34.1 Å². The molecule has 0 saturated heterocycles. The zero-order valence-corrected chi connectivity index (χ0v) is 19.5. The van der Waals surface area contributed by atoms with Crippen molar-refractivity contribution in [2.45, 2.75) is 20.0 Å². The number of benzene rings is 2. The van der Waals surface area contributed by atoms with Crippen LogP contribution in [0.1, 0.15) is 18.2 Å². The fourth-order valence-corrected chi connectivity index (χ4v) is 3.66. The zero-order valence-electron chi connectivity index (χ0n) is 18.7. The lowest BCUT2D eigenvalue weighted by Gasteiger charge is -2.12. The van der Waals surface area contributed by atoms with E-state index in [1.165, 1.54) is 0 Å². The van der Waals surface area contributed by atoms with Gasteiger partial charge in [0.05, 0.1) is 12.6 Å². The third-order valence-electron chi connectivity index (χ3n) is 5.39. The van der Waals surface area contributed by atoms with Gasteiger partial charge in [0.15, 0.2) is 0 Å². The van der Waals surface area contributed by atoms with Crippen LogP contribution < -0.4 is 9.47 Å². The summed E-state index contributed by atoms with van der Waals surface area (Å²) in [7, 11) is 1.60. The Morgan fingerprint density at radius 3 is 2.41 bits per heavy atom. The van der Waals surface area contributed by atoms with E-state index in [4.69, 9.17) is 9.47 Å². The molecule has 34 heavy (non-hydrogen) atoms. The van der Waals surface area contributed by atoms with Crippen LogP contribution in [-0.4, -0.2) is 37.7 Å². The van der Waals surface area contributed by atoms with E-state index in [1.54, 1.807) is 7.11 Å². The maximum absolute atomic E-state index is 6.19. The van der Waals surface area contributed by atoms with Gasteiger partial charge in [-0.05, 0) is 34.4 Å². The van der Waals surface area contributed by atoms with Crippen molar-refractivity contribution in [2.24, 2.45) is 0 Å². The van der Waals surface area contributed by atoms with Crippen LogP contribution in [0.25, 0.3) is 33.5 Å². The van der Waals surface area contributed by atoms with Gasteiger partial charge in [-0.2, -0.15) is 5.21 Å². The standard InChI is InChI=1S/C25H22N6O2.ClH/c1-3-18-14-22(24-21(26-18)12-13-23(27-24)32-2)33-15-16-8-10-17(11-9-16)19-6-4-5-7-20(19)25-28-30-31-29-25;/h4-14H,3,15H2,1-2H3,(H,28,29,30,31);1H. The Morgan fingerprint density at radius 1 is 0.912 bits per heavy atom. The van der Waals surface area contributed by atoms with Gasteiger partial charge >= 0.3 is 0 Å². The molecule has 0 spiro atoms. The molecule has 8 nitrogen and oxygen atoms in total. The molecule has 172 valence electrons. The first-order chi connectivity index (χ1) is 16.2. The third kappa shape index (κ3) is 4.67. The first-order valence-corrected chi connectivity index (χ1v) is 10.6. The van der Waals surface area contributed by atoms with Gasteiger partial charge in [-0.15, -0.1) is 22.6 Å². The van der Waals surface area contributed by atoms with Crippen LogP contribution >= 0.6 is 12.4 Å². The summed E-state index contributed by atoms with van der Waals surface area (Å²) in [4.78, 5) is 9.18. The Kier molecular flexibility index (Phi) is 6.98. The number of fused-ring (bicyclic) bond motifs is 1. The molecule has 3 aromatic heterocycles. The van der Waals surface area contributed by atoms with E-state index in [-0.39, 0.29) is 12.4 Å². The molecule has 3 heterocycles. The van der Waals surface area contributed by atoms with Gasteiger partial charge in [0, 0.05) is 23.4 Å². The molecule has 0 fully saturated rings. The molecule has 9 heteroatoms. The second kappa shape index (κ2) is 10.3. The van der Waals surface area contributed by atoms with Crippen molar-refractivity contribution in [1.82, 2.24) is 30.6 Å². The van der Waals surface area contributed by atoms with Crippen molar-refractivity contribution in [3.63, 3.8) is 0 Å². The highest BCUT2D eigenvalue weighted by atomic mass is 35.5. The van der Waals surface area contributed by atoms with Crippen LogP contribution in [0, 0.1) is 0 Å². The molecule has 5 rings (SSSR count). The second-order valence-corrected chi connectivity index (χ2v) is 7.45. The summed E-state index contributed by atoms with van der Waals surface area (Å²) in [5.41, 5.74) is 6.50. The summed E-state index contributed by atoms with van der Waals surface area (Å²) in [5, 5.41) is 14.4. The topological polar surface area (TPSA) is 98.7 Å². The number of hydrogen-bond acceptors (Lipinski definition) is 7. The molecule has 0 amide bonds. The Balaban J connectivity index is 0.00000274. The lowest BCUT2D eigenvalue weighted by Crippen LogP contribution is -2.00. The highest BCUT2D eigenvalue weighted by Gasteiger charge is 2.12. The number of halogens is 1. The average molecular weight is 475 g/mol. The summed E-state index contributed by atoms with van der Waals surface area (Å²) in [6.07, 6.45) is 0.812. The Bertz CT molecular complexity index is 1390. The molecule has 0 aliphatic carbocycles. The van der Waals surface area contributed by atoms with E-state index in [1.807, 2.05) is 42.5 Å². The summed E-state index contributed by atoms with van der Waals surface area (Å²) in [6, 6.07) is 21.9. The predicted molar refractivity (Wildman–Crippen MR) is 132 cm³/mol. The number of aromatic nitrogens is 6. The normalized spacial score (nSPS) is 10.6. The molecule has 0 bridgehead atoms. The first kappa shape index (κ1) is 23.1. The van der Waals surface area contributed by atoms with E-state index in [2.05, 4.69) is 61.8 Å². The average Bonchev–Trinajstić information content (AvgIpc) is 3.42. The number of nitrogens with zero attached hydrogens (tertiary/aromatic N) is 5. The molecular formula is C25H23ClN6O2. The van der Waals surface area contributed by atoms with Crippen LogP contribution in [-0.2, 0) is 13.0 Å². The number of rotatable bonds is 7. The van der Waals surface area contributed by atoms with Crippen molar-refractivity contribution >= 4 is 23.4 Å². The van der Waals surface area contributed by atoms with Crippen molar-refractivity contribution in [3.05, 3.63) is 78.0 Å². The number of methoxy groups -OCH3 is 1. The fourth-order valence-electron chi connectivity index (χ4n) is 3.66. The Hall–Kier alpha value is -4.04. The van der Waals surface area contributed by atoms with E-state index >= 15 is 0 Å². The van der Waals surface area contributed by atoms with Crippen molar-refractivity contribution in [2.75, 3.05) is 7.11 Å². The number of aromatic amines is 1. The van der Waals surface area contributed by atoms with Gasteiger partial charge in [-0.1, -0.05) is 55.5 Å².